The molecule has 7 nitrogen and oxygen atoms in total. The lowest BCUT2D eigenvalue weighted by molar-refractivity contribution is -0.139. The van der Waals surface area contributed by atoms with E-state index in [-0.39, 0.29) is 6.61 Å². The van der Waals surface area contributed by atoms with E-state index in [9.17, 15) is 9.59 Å². The van der Waals surface area contributed by atoms with E-state index in [0.29, 0.717) is 34.8 Å². The molecule has 0 spiro atoms. The van der Waals surface area contributed by atoms with Crippen molar-refractivity contribution >= 4 is 17.6 Å². The molecule has 33 heavy (non-hydrogen) atoms. The highest BCUT2D eigenvalue weighted by molar-refractivity contribution is 5.99. The Labute approximate surface area is 194 Å². The number of allylic oxidation sites excluding steroid dienone is 2. The van der Waals surface area contributed by atoms with Crippen molar-refractivity contribution in [2.45, 2.75) is 26.3 Å². The number of nitrogens with two attached hydrogens (primary N) is 1. The van der Waals surface area contributed by atoms with Crippen LogP contribution in [0.2, 0.25) is 0 Å². The second kappa shape index (κ2) is 10.8. The number of benzene rings is 2. The maximum absolute atomic E-state index is 13.2. The Kier molecular flexibility index (Phi) is 7.90. The highest BCUT2D eigenvalue weighted by atomic mass is 16.5. The van der Waals surface area contributed by atoms with Gasteiger partial charge in [0.2, 0.25) is 0 Å². The third kappa shape index (κ3) is 5.81. The molecule has 1 aliphatic rings. The lowest BCUT2D eigenvalue weighted by Crippen LogP contribution is -2.33. The summed E-state index contributed by atoms with van der Waals surface area (Å²) >= 11 is 0. The number of nitrogens with one attached hydrogen (secondary N) is 1. The molecule has 0 fully saturated rings. The molecule has 1 atom stereocenters. The van der Waals surface area contributed by atoms with Crippen LogP contribution >= 0.6 is 0 Å². The summed E-state index contributed by atoms with van der Waals surface area (Å²) in [4.78, 5) is 28.0. The Morgan fingerprint density at radius 1 is 1.00 bits per heavy atom. The maximum atomic E-state index is 13.2. The van der Waals surface area contributed by atoms with E-state index in [1.807, 2.05) is 31.3 Å². The van der Waals surface area contributed by atoms with Gasteiger partial charge in [-0.25, -0.2) is 9.59 Å². The second-order valence-corrected chi connectivity index (χ2v) is 8.16. The largest absolute Gasteiger partial charge is 0.466 e. The number of nitrogen functional groups attached to an aromatic ring is 1. The molecule has 2 aromatic carbocycles. The molecular formula is C26H31N3O4. The molecule has 0 amide bonds. The molecule has 0 saturated carbocycles. The van der Waals surface area contributed by atoms with E-state index in [2.05, 4.69) is 22.3 Å². The molecule has 1 heterocycles. The minimum atomic E-state index is -0.642. The van der Waals surface area contributed by atoms with Gasteiger partial charge in [-0.2, -0.15) is 0 Å². The van der Waals surface area contributed by atoms with Gasteiger partial charge in [0.25, 0.3) is 0 Å². The zero-order chi connectivity index (χ0) is 24.0. The predicted molar refractivity (Wildman–Crippen MR) is 128 cm³/mol. The van der Waals surface area contributed by atoms with Crippen molar-refractivity contribution in [2.24, 2.45) is 0 Å². The van der Waals surface area contributed by atoms with Crippen molar-refractivity contribution < 1.29 is 19.1 Å². The first kappa shape index (κ1) is 24.1. The lowest BCUT2D eigenvalue weighted by atomic mass is 9.80. The second-order valence-electron chi connectivity index (χ2n) is 8.16. The van der Waals surface area contributed by atoms with Crippen LogP contribution < -0.4 is 11.1 Å². The molecule has 1 unspecified atom stereocenters. The minimum absolute atomic E-state index is 0.221. The molecule has 3 rings (SSSR count). The Hall–Kier alpha value is -3.58. The van der Waals surface area contributed by atoms with Gasteiger partial charge in [0, 0.05) is 30.2 Å². The number of esters is 2. The van der Waals surface area contributed by atoms with Crippen molar-refractivity contribution in [3.05, 3.63) is 88.3 Å². The number of carbonyl (C=O) groups excluding carboxylic acids is 2. The maximum Gasteiger partial charge on any atom is 0.336 e. The fraction of sp³-hybridized carbons (Fsp3) is 0.308. The molecule has 0 saturated heterocycles. The lowest BCUT2D eigenvalue weighted by Gasteiger charge is -2.30. The van der Waals surface area contributed by atoms with Crippen molar-refractivity contribution in [3.8, 4) is 0 Å². The number of carbonyl (C=O) groups is 2. The molecule has 0 aromatic heterocycles. The summed E-state index contributed by atoms with van der Waals surface area (Å²) in [6.07, 6.45) is 0. The summed E-state index contributed by atoms with van der Waals surface area (Å²) in [5, 5.41) is 3.14. The number of hydrogen-bond acceptors (Lipinski definition) is 7. The SMILES string of the molecule is COC(=O)C1=C(C)NC(C)=C(C(=O)OCCN(C)Cc2ccccc2)C1c1cccc(N)c1. The monoisotopic (exact) mass is 449 g/mol. The van der Waals surface area contributed by atoms with E-state index in [4.69, 9.17) is 15.2 Å². The number of methoxy groups -OCH3 is 1. The first-order valence-corrected chi connectivity index (χ1v) is 10.8. The summed E-state index contributed by atoms with van der Waals surface area (Å²) < 4.78 is 10.7. The van der Waals surface area contributed by atoms with Gasteiger partial charge in [0.15, 0.2) is 0 Å². The molecule has 1 aliphatic heterocycles. The fourth-order valence-corrected chi connectivity index (χ4v) is 4.06. The Morgan fingerprint density at radius 2 is 1.67 bits per heavy atom. The van der Waals surface area contributed by atoms with Crippen LogP contribution in [0.15, 0.2) is 77.1 Å². The van der Waals surface area contributed by atoms with Gasteiger partial charge in [-0.05, 0) is 44.2 Å². The number of ether oxygens (including phenoxy) is 2. The van der Waals surface area contributed by atoms with Crippen molar-refractivity contribution in [3.63, 3.8) is 0 Å². The summed E-state index contributed by atoms with van der Waals surface area (Å²) in [6.45, 7) is 5.13. The van der Waals surface area contributed by atoms with E-state index < -0.39 is 17.9 Å². The predicted octanol–water partition coefficient (Wildman–Crippen LogP) is 3.35. The van der Waals surface area contributed by atoms with Crippen LogP contribution in [0.4, 0.5) is 5.69 Å². The normalized spacial score (nSPS) is 16.0. The summed E-state index contributed by atoms with van der Waals surface area (Å²) in [7, 11) is 3.30. The molecule has 174 valence electrons. The Morgan fingerprint density at radius 3 is 2.30 bits per heavy atom. The Bertz CT molecular complexity index is 1080. The highest BCUT2D eigenvalue weighted by Gasteiger charge is 2.37. The minimum Gasteiger partial charge on any atom is -0.466 e. The van der Waals surface area contributed by atoms with Crippen molar-refractivity contribution in [2.75, 3.05) is 33.0 Å². The van der Waals surface area contributed by atoms with Gasteiger partial charge in [-0.15, -0.1) is 0 Å². The average Bonchev–Trinajstić information content (AvgIpc) is 2.78. The molecular weight excluding hydrogens is 418 g/mol. The van der Waals surface area contributed by atoms with E-state index in [1.54, 1.807) is 32.0 Å². The summed E-state index contributed by atoms with van der Waals surface area (Å²) in [5.74, 6) is -1.63. The van der Waals surface area contributed by atoms with Crippen LogP contribution in [-0.2, 0) is 25.6 Å². The first-order valence-electron chi connectivity index (χ1n) is 10.8. The van der Waals surface area contributed by atoms with E-state index in [1.165, 1.54) is 12.7 Å². The first-order chi connectivity index (χ1) is 15.8. The number of rotatable bonds is 8. The highest BCUT2D eigenvalue weighted by Crippen LogP contribution is 2.39. The van der Waals surface area contributed by atoms with Crippen LogP contribution in [0.3, 0.4) is 0 Å². The van der Waals surface area contributed by atoms with Gasteiger partial charge in [-0.3, -0.25) is 4.90 Å². The smallest absolute Gasteiger partial charge is 0.336 e. The van der Waals surface area contributed by atoms with Gasteiger partial charge in [0.1, 0.15) is 6.61 Å². The third-order valence-corrected chi connectivity index (χ3v) is 5.63. The number of dihydropyridines is 1. The molecule has 7 heteroatoms. The van der Waals surface area contributed by atoms with Gasteiger partial charge in [0.05, 0.1) is 24.2 Å². The number of nitrogens with zero attached hydrogens (tertiary/aromatic N) is 1. The third-order valence-electron chi connectivity index (χ3n) is 5.63. The van der Waals surface area contributed by atoms with Gasteiger partial charge >= 0.3 is 11.9 Å². The number of hydrogen-bond donors (Lipinski definition) is 2. The van der Waals surface area contributed by atoms with Gasteiger partial charge < -0.3 is 20.5 Å². The zero-order valence-electron chi connectivity index (χ0n) is 19.6. The summed E-state index contributed by atoms with van der Waals surface area (Å²) in [6, 6.07) is 17.3. The molecule has 0 aliphatic carbocycles. The zero-order valence-corrected chi connectivity index (χ0v) is 19.6. The van der Waals surface area contributed by atoms with Crippen LogP contribution in [0, 0.1) is 0 Å². The van der Waals surface area contributed by atoms with Crippen LogP contribution in [0.1, 0.15) is 30.9 Å². The molecule has 2 aromatic rings. The fourth-order valence-electron chi connectivity index (χ4n) is 4.06. The van der Waals surface area contributed by atoms with E-state index >= 15 is 0 Å². The standard InChI is InChI=1S/C26H31N3O4/c1-17-22(25(30)32-4)24(20-11-8-12-21(27)15-20)23(18(2)28-17)26(31)33-14-13-29(3)16-19-9-6-5-7-10-19/h5-12,15,24,28H,13-14,16,27H2,1-4H3. The van der Waals surface area contributed by atoms with Crippen LogP contribution in [-0.4, -0.2) is 44.1 Å². The van der Waals surface area contributed by atoms with Crippen molar-refractivity contribution in [1.29, 1.82) is 0 Å². The Balaban J connectivity index is 1.79. The molecule has 3 N–H and O–H groups in total. The van der Waals surface area contributed by atoms with Crippen molar-refractivity contribution in [1.82, 2.24) is 10.2 Å². The molecule has 0 bridgehead atoms. The topological polar surface area (TPSA) is 93.9 Å². The van der Waals surface area contributed by atoms with E-state index in [0.717, 1.165) is 12.1 Å². The number of anilines is 1. The average molecular weight is 450 g/mol. The quantitative estimate of drug-likeness (QED) is 0.471. The number of likely N-dealkylation sites (N-methyl/N-ethyl adjacent to an activating group) is 1. The molecule has 0 radical (unpaired) electrons. The van der Waals surface area contributed by atoms with Crippen LogP contribution in [0.5, 0.6) is 0 Å². The van der Waals surface area contributed by atoms with Crippen LogP contribution in [0.25, 0.3) is 0 Å². The summed E-state index contributed by atoms with van der Waals surface area (Å²) in [5.41, 5.74) is 10.5. The van der Waals surface area contributed by atoms with Gasteiger partial charge in [-0.1, -0.05) is 42.5 Å².